The number of hydrogen-bond acceptors (Lipinski definition) is 4. The van der Waals surface area contributed by atoms with E-state index < -0.39 is 5.60 Å². The maximum atomic E-state index is 12.6. The van der Waals surface area contributed by atoms with Crippen molar-refractivity contribution in [1.82, 2.24) is 4.90 Å². The van der Waals surface area contributed by atoms with Crippen molar-refractivity contribution in [2.24, 2.45) is 0 Å². The largest absolute Gasteiger partial charge is 0.463 e. The van der Waals surface area contributed by atoms with Gasteiger partial charge in [0, 0.05) is 18.2 Å². The van der Waals surface area contributed by atoms with Crippen LogP contribution in [0.1, 0.15) is 73.1 Å². The van der Waals surface area contributed by atoms with Gasteiger partial charge in [0.15, 0.2) is 0 Å². The van der Waals surface area contributed by atoms with E-state index in [1.165, 1.54) is 6.08 Å². The normalized spacial score (nSPS) is 21.3. The fraction of sp³-hybridized carbons (Fsp3) is 0.789. The third kappa shape index (κ3) is 6.93. The van der Waals surface area contributed by atoms with Crippen LogP contribution >= 0.6 is 0 Å². The van der Waals surface area contributed by atoms with Crippen molar-refractivity contribution in [1.29, 1.82) is 0 Å². The second-order valence-electron chi connectivity index (χ2n) is 7.29. The molecule has 0 aliphatic carbocycles. The van der Waals surface area contributed by atoms with Crippen molar-refractivity contribution >= 4 is 12.1 Å². The molecule has 1 amide bonds. The Kier molecular flexibility index (Phi) is 8.29. The van der Waals surface area contributed by atoms with Crippen LogP contribution in [-0.4, -0.2) is 41.3 Å². The lowest BCUT2D eigenvalue weighted by molar-refractivity contribution is -0.137. The highest BCUT2D eigenvalue weighted by Gasteiger charge is 2.38. The van der Waals surface area contributed by atoms with E-state index in [0.717, 1.165) is 38.5 Å². The lowest BCUT2D eigenvalue weighted by Gasteiger charge is -2.32. The molecule has 0 N–H and O–H groups in total. The monoisotopic (exact) mass is 339 g/mol. The molecule has 0 spiro atoms. The van der Waals surface area contributed by atoms with Gasteiger partial charge in [-0.25, -0.2) is 9.59 Å². The first-order valence-corrected chi connectivity index (χ1v) is 9.13. The van der Waals surface area contributed by atoms with Crippen LogP contribution in [-0.2, 0) is 14.3 Å². The topological polar surface area (TPSA) is 55.8 Å². The number of ether oxygens (including phenoxy) is 2. The van der Waals surface area contributed by atoms with E-state index in [-0.39, 0.29) is 24.1 Å². The van der Waals surface area contributed by atoms with Crippen LogP contribution < -0.4 is 0 Å². The van der Waals surface area contributed by atoms with E-state index >= 15 is 0 Å². The molecule has 0 radical (unpaired) electrons. The maximum absolute atomic E-state index is 12.6. The molecular formula is C19H33NO4. The highest BCUT2D eigenvalue weighted by atomic mass is 16.6. The molecule has 24 heavy (non-hydrogen) atoms. The van der Waals surface area contributed by atoms with E-state index in [1.807, 2.05) is 31.7 Å². The fourth-order valence-electron chi connectivity index (χ4n) is 3.13. The number of carbonyl (C=O) groups is 2. The van der Waals surface area contributed by atoms with Crippen LogP contribution in [0.5, 0.6) is 0 Å². The third-order valence-electron chi connectivity index (χ3n) is 4.05. The van der Waals surface area contributed by atoms with E-state index in [0.29, 0.717) is 6.61 Å². The predicted octanol–water partition coefficient (Wildman–Crippen LogP) is 4.45. The van der Waals surface area contributed by atoms with Crippen LogP contribution in [0.15, 0.2) is 12.2 Å². The number of amides is 1. The van der Waals surface area contributed by atoms with Crippen molar-refractivity contribution < 1.29 is 19.1 Å². The van der Waals surface area contributed by atoms with Crippen LogP contribution in [0.2, 0.25) is 0 Å². The molecule has 2 atom stereocenters. The fourth-order valence-corrected chi connectivity index (χ4v) is 3.13. The lowest BCUT2D eigenvalue weighted by atomic mass is 10.1. The zero-order valence-corrected chi connectivity index (χ0v) is 15.8. The standard InChI is InChI=1S/C19H33NO4/c1-6-10-15-13-14-16(11-8-9-12-17(21)23-7-2)20(15)18(22)24-19(3,4)5/h9,12,15-16H,6-8,10-11,13-14H2,1-5H3/b12-9+/t15-,16+/m0/s1. The first-order valence-electron chi connectivity index (χ1n) is 9.13. The minimum Gasteiger partial charge on any atom is -0.463 e. The van der Waals surface area contributed by atoms with Gasteiger partial charge >= 0.3 is 12.1 Å². The van der Waals surface area contributed by atoms with Gasteiger partial charge in [0.2, 0.25) is 0 Å². The van der Waals surface area contributed by atoms with Gasteiger partial charge in [-0.3, -0.25) is 0 Å². The number of carbonyl (C=O) groups excluding carboxylic acids is 2. The van der Waals surface area contributed by atoms with Gasteiger partial charge in [0.1, 0.15) is 5.60 Å². The summed E-state index contributed by atoms with van der Waals surface area (Å²) in [5.74, 6) is -0.309. The quantitative estimate of drug-likeness (QED) is 0.508. The van der Waals surface area contributed by atoms with E-state index in [2.05, 4.69) is 6.92 Å². The van der Waals surface area contributed by atoms with Crippen molar-refractivity contribution in [2.75, 3.05) is 6.61 Å². The number of nitrogens with zero attached hydrogens (tertiary/aromatic N) is 1. The highest BCUT2D eigenvalue weighted by Crippen LogP contribution is 2.31. The van der Waals surface area contributed by atoms with E-state index in [4.69, 9.17) is 9.47 Å². The molecule has 0 aromatic heterocycles. The zero-order valence-electron chi connectivity index (χ0n) is 15.8. The molecule has 0 bridgehead atoms. The lowest BCUT2D eigenvalue weighted by Crippen LogP contribution is -2.44. The van der Waals surface area contributed by atoms with Crippen LogP contribution in [0.25, 0.3) is 0 Å². The Balaban J connectivity index is 2.63. The smallest absolute Gasteiger partial charge is 0.410 e. The predicted molar refractivity (Wildman–Crippen MR) is 94.8 cm³/mol. The van der Waals surface area contributed by atoms with Gasteiger partial charge in [-0.05, 0) is 59.8 Å². The van der Waals surface area contributed by atoms with Crippen molar-refractivity contribution in [2.45, 2.75) is 90.8 Å². The summed E-state index contributed by atoms with van der Waals surface area (Å²) < 4.78 is 10.5. The summed E-state index contributed by atoms with van der Waals surface area (Å²) >= 11 is 0. The minimum atomic E-state index is -0.481. The first-order chi connectivity index (χ1) is 11.3. The number of likely N-dealkylation sites (tertiary alicyclic amines) is 1. The Hall–Kier alpha value is -1.52. The number of esters is 1. The molecule has 1 saturated heterocycles. The SMILES string of the molecule is CCC[C@H]1CC[C@@H](CC/C=C/C(=O)OCC)N1C(=O)OC(C)(C)C. The average molecular weight is 339 g/mol. The Morgan fingerprint density at radius 2 is 1.75 bits per heavy atom. The van der Waals surface area contributed by atoms with Crippen molar-refractivity contribution in [3.05, 3.63) is 12.2 Å². The van der Waals surface area contributed by atoms with E-state index in [1.54, 1.807) is 6.92 Å². The average Bonchev–Trinajstić information content (AvgIpc) is 2.85. The second kappa shape index (κ2) is 9.70. The molecule has 1 fully saturated rings. The summed E-state index contributed by atoms with van der Waals surface area (Å²) in [6, 6.07) is 0.451. The van der Waals surface area contributed by atoms with Crippen molar-refractivity contribution in [3.8, 4) is 0 Å². The number of allylic oxidation sites excluding steroid dienone is 1. The minimum absolute atomic E-state index is 0.184. The molecular weight excluding hydrogens is 306 g/mol. The summed E-state index contributed by atoms with van der Waals surface area (Å²) in [5, 5.41) is 0. The molecule has 0 saturated carbocycles. The molecule has 0 aromatic rings. The van der Waals surface area contributed by atoms with Crippen LogP contribution in [0.3, 0.4) is 0 Å². The molecule has 1 rings (SSSR count). The molecule has 1 aliphatic rings. The Morgan fingerprint density at radius 3 is 2.29 bits per heavy atom. The summed E-state index contributed by atoms with van der Waals surface area (Å²) in [6.07, 6.45) is 8.78. The van der Waals surface area contributed by atoms with Gasteiger partial charge in [-0.1, -0.05) is 19.4 Å². The summed E-state index contributed by atoms with van der Waals surface area (Å²) in [5.41, 5.74) is -0.481. The van der Waals surface area contributed by atoms with Gasteiger partial charge in [0.25, 0.3) is 0 Å². The van der Waals surface area contributed by atoms with Gasteiger partial charge < -0.3 is 14.4 Å². The third-order valence-corrected chi connectivity index (χ3v) is 4.05. The molecule has 0 aromatic carbocycles. The Morgan fingerprint density at radius 1 is 1.12 bits per heavy atom. The highest BCUT2D eigenvalue weighted by molar-refractivity contribution is 5.81. The molecule has 1 heterocycles. The maximum Gasteiger partial charge on any atom is 0.410 e. The Bertz CT molecular complexity index is 439. The zero-order chi connectivity index (χ0) is 18.2. The summed E-state index contributed by atoms with van der Waals surface area (Å²) in [4.78, 5) is 25.8. The van der Waals surface area contributed by atoms with Gasteiger partial charge in [0.05, 0.1) is 6.61 Å². The molecule has 5 heteroatoms. The molecule has 0 unspecified atom stereocenters. The van der Waals surface area contributed by atoms with E-state index in [9.17, 15) is 9.59 Å². The molecule has 138 valence electrons. The van der Waals surface area contributed by atoms with Crippen molar-refractivity contribution in [3.63, 3.8) is 0 Å². The van der Waals surface area contributed by atoms with Crippen LogP contribution in [0.4, 0.5) is 4.79 Å². The summed E-state index contributed by atoms with van der Waals surface area (Å²) in [7, 11) is 0. The number of hydrogen-bond donors (Lipinski definition) is 0. The second-order valence-corrected chi connectivity index (χ2v) is 7.29. The van der Waals surface area contributed by atoms with Crippen LogP contribution in [0, 0.1) is 0 Å². The van der Waals surface area contributed by atoms with Gasteiger partial charge in [-0.2, -0.15) is 0 Å². The number of rotatable bonds is 7. The Labute approximate surface area is 146 Å². The molecule has 1 aliphatic heterocycles. The summed E-state index contributed by atoms with van der Waals surface area (Å²) in [6.45, 7) is 10.0. The first kappa shape index (κ1) is 20.5. The van der Waals surface area contributed by atoms with Gasteiger partial charge in [-0.15, -0.1) is 0 Å². The molecule has 5 nitrogen and oxygen atoms in total.